The third kappa shape index (κ3) is 4.90. The molecule has 0 bridgehead atoms. The van der Waals surface area contributed by atoms with Crippen LogP contribution in [0.5, 0.6) is 0 Å². The molecule has 2 aromatic carbocycles. The average Bonchev–Trinajstić information content (AvgIpc) is 2.98. The van der Waals surface area contributed by atoms with E-state index < -0.39 is 11.8 Å². The zero-order valence-electron chi connectivity index (χ0n) is 16.7. The Morgan fingerprint density at radius 1 is 0.933 bits per heavy atom. The minimum absolute atomic E-state index is 0.463. The first-order valence-electron chi connectivity index (χ1n) is 9.11. The van der Waals surface area contributed by atoms with Crippen molar-refractivity contribution in [2.45, 2.75) is 20.8 Å². The number of aromatic nitrogens is 1. The molecule has 0 spiro atoms. The van der Waals surface area contributed by atoms with Crippen LogP contribution < -0.4 is 10.7 Å². The van der Waals surface area contributed by atoms with E-state index in [9.17, 15) is 9.59 Å². The van der Waals surface area contributed by atoms with Crippen LogP contribution in [0.1, 0.15) is 22.5 Å². The van der Waals surface area contributed by atoms with Crippen molar-refractivity contribution in [3.63, 3.8) is 0 Å². The summed E-state index contributed by atoms with van der Waals surface area (Å²) in [5.41, 5.74) is 7.22. The van der Waals surface area contributed by atoms with Crippen LogP contribution in [0.25, 0.3) is 5.69 Å². The molecule has 3 aromatic rings. The smallest absolute Gasteiger partial charge is 0.318 e. The van der Waals surface area contributed by atoms with Gasteiger partial charge in [-0.15, -0.1) is 0 Å². The number of amides is 2. The molecule has 0 atom stereocenters. The number of carbonyl (C=O) groups is 2. The van der Waals surface area contributed by atoms with E-state index in [1.807, 2.05) is 48.7 Å². The second kappa shape index (κ2) is 9.15. The van der Waals surface area contributed by atoms with Crippen LogP contribution in [0.15, 0.2) is 53.6 Å². The first kappa shape index (κ1) is 21.6. The molecule has 1 aromatic heterocycles. The molecule has 0 saturated heterocycles. The maximum atomic E-state index is 12.1. The maximum Gasteiger partial charge on any atom is 0.329 e. The van der Waals surface area contributed by atoms with Gasteiger partial charge in [-0.2, -0.15) is 5.10 Å². The van der Waals surface area contributed by atoms with Gasteiger partial charge in [-0.3, -0.25) is 9.59 Å². The number of carbonyl (C=O) groups excluding carboxylic acids is 2. The van der Waals surface area contributed by atoms with Gasteiger partial charge in [0.05, 0.1) is 6.21 Å². The molecule has 154 valence electrons. The first-order valence-corrected chi connectivity index (χ1v) is 9.87. The molecule has 0 aliphatic heterocycles. The molecular formula is C22H20Cl2N4O2. The van der Waals surface area contributed by atoms with Crippen LogP contribution in [0.2, 0.25) is 10.0 Å². The number of rotatable bonds is 4. The summed E-state index contributed by atoms with van der Waals surface area (Å²) in [5.74, 6) is -1.71. The van der Waals surface area contributed by atoms with Gasteiger partial charge in [0.2, 0.25) is 0 Å². The molecule has 0 aliphatic rings. The summed E-state index contributed by atoms with van der Waals surface area (Å²) in [7, 11) is 0. The van der Waals surface area contributed by atoms with Crippen molar-refractivity contribution in [1.82, 2.24) is 9.99 Å². The third-order valence-electron chi connectivity index (χ3n) is 4.58. The Bertz CT molecular complexity index is 1130. The number of benzene rings is 2. The quantitative estimate of drug-likeness (QED) is 0.345. The lowest BCUT2D eigenvalue weighted by Crippen LogP contribution is -2.32. The third-order valence-corrected chi connectivity index (χ3v) is 5.07. The lowest BCUT2D eigenvalue weighted by molar-refractivity contribution is -0.136. The molecule has 3 rings (SSSR count). The van der Waals surface area contributed by atoms with Gasteiger partial charge in [-0.05, 0) is 68.8 Å². The molecule has 0 fully saturated rings. The van der Waals surface area contributed by atoms with E-state index in [1.165, 1.54) is 6.21 Å². The molecule has 0 saturated carbocycles. The second-order valence-electron chi connectivity index (χ2n) is 6.75. The fourth-order valence-electron chi connectivity index (χ4n) is 3.02. The van der Waals surface area contributed by atoms with Crippen molar-refractivity contribution >= 4 is 46.9 Å². The summed E-state index contributed by atoms with van der Waals surface area (Å²) >= 11 is 11.9. The van der Waals surface area contributed by atoms with E-state index in [1.54, 1.807) is 25.1 Å². The number of hydrogen-bond donors (Lipinski definition) is 2. The van der Waals surface area contributed by atoms with Gasteiger partial charge in [-0.25, -0.2) is 5.43 Å². The SMILES string of the molecule is Cc1ccc(Cl)cc1NC(=O)C(=O)N/N=C\c1cc(C)n(-c2ccc(Cl)cc2)c1C. The summed E-state index contributed by atoms with van der Waals surface area (Å²) in [6.07, 6.45) is 1.50. The fourth-order valence-corrected chi connectivity index (χ4v) is 3.32. The van der Waals surface area contributed by atoms with Gasteiger partial charge in [-0.1, -0.05) is 29.3 Å². The molecule has 2 N–H and O–H groups in total. The van der Waals surface area contributed by atoms with E-state index in [0.717, 1.165) is 28.2 Å². The Kier molecular flexibility index (Phi) is 6.59. The average molecular weight is 443 g/mol. The number of anilines is 1. The van der Waals surface area contributed by atoms with Gasteiger partial charge >= 0.3 is 11.8 Å². The highest BCUT2D eigenvalue weighted by Crippen LogP contribution is 2.22. The van der Waals surface area contributed by atoms with Crippen LogP contribution in [0.4, 0.5) is 5.69 Å². The summed E-state index contributed by atoms with van der Waals surface area (Å²) in [5, 5.41) is 7.57. The minimum atomic E-state index is -0.878. The lowest BCUT2D eigenvalue weighted by Gasteiger charge is -2.09. The number of halogens is 2. The highest BCUT2D eigenvalue weighted by atomic mass is 35.5. The largest absolute Gasteiger partial charge is 0.329 e. The zero-order chi connectivity index (χ0) is 21.8. The summed E-state index contributed by atoms with van der Waals surface area (Å²) in [4.78, 5) is 24.2. The van der Waals surface area contributed by atoms with E-state index in [2.05, 4.69) is 15.8 Å². The van der Waals surface area contributed by atoms with E-state index >= 15 is 0 Å². The lowest BCUT2D eigenvalue weighted by atomic mass is 10.2. The van der Waals surface area contributed by atoms with E-state index in [4.69, 9.17) is 23.2 Å². The first-order chi connectivity index (χ1) is 14.3. The Hall–Kier alpha value is -3.09. The molecule has 0 radical (unpaired) electrons. The van der Waals surface area contributed by atoms with Crippen molar-refractivity contribution < 1.29 is 9.59 Å². The van der Waals surface area contributed by atoms with Crippen molar-refractivity contribution in [3.8, 4) is 5.69 Å². The number of hydrogen-bond acceptors (Lipinski definition) is 3. The summed E-state index contributed by atoms with van der Waals surface area (Å²) < 4.78 is 2.05. The van der Waals surface area contributed by atoms with Crippen LogP contribution in [0, 0.1) is 20.8 Å². The summed E-state index contributed by atoms with van der Waals surface area (Å²) in [6, 6.07) is 14.5. The molecule has 2 amide bonds. The van der Waals surface area contributed by atoms with E-state index in [-0.39, 0.29) is 0 Å². The van der Waals surface area contributed by atoms with Crippen molar-refractivity contribution in [2.75, 3.05) is 5.32 Å². The number of nitrogens with zero attached hydrogens (tertiary/aromatic N) is 2. The van der Waals surface area contributed by atoms with Crippen LogP contribution in [-0.4, -0.2) is 22.6 Å². The second-order valence-corrected chi connectivity index (χ2v) is 7.62. The van der Waals surface area contributed by atoms with Crippen molar-refractivity contribution in [2.24, 2.45) is 5.10 Å². The van der Waals surface area contributed by atoms with Crippen molar-refractivity contribution in [3.05, 3.63) is 81.1 Å². The minimum Gasteiger partial charge on any atom is -0.318 e. The number of aryl methyl sites for hydroxylation is 2. The molecule has 0 unspecified atom stereocenters. The molecule has 6 nitrogen and oxygen atoms in total. The van der Waals surface area contributed by atoms with E-state index in [0.29, 0.717) is 15.7 Å². The van der Waals surface area contributed by atoms with Gasteiger partial charge in [0.25, 0.3) is 0 Å². The van der Waals surface area contributed by atoms with Crippen LogP contribution >= 0.6 is 23.2 Å². The molecule has 8 heteroatoms. The Morgan fingerprint density at radius 2 is 1.60 bits per heavy atom. The van der Waals surface area contributed by atoms with Gasteiger partial charge in [0, 0.05) is 38.4 Å². The zero-order valence-corrected chi connectivity index (χ0v) is 18.2. The number of nitrogens with one attached hydrogen (secondary N) is 2. The van der Waals surface area contributed by atoms with Gasteiger partial charge in [0.1, 0.15) is 0 Å². The Labute approximate surface area is 184 Å². The maximum absolute atomic E-state index is 12.1. The van der Waals surface area contributed by atoms with Crippen LogP contribution in [-0.2, 0) is 9.59 Å². The molecule has 1 heterocycles. The Morgan fingerprint density at radius 3 is 2.30 bits per heavy atom. The molecular weight excluding hydrogens is 423 g/mol. The van der Waals surface area contributed by atoms with Gasteiger partial charge < -0.3 is 9.88 Å². The molecule has 0 aliphatic carbocycles. The normalized spacial score (nSPS) is 11.0. The monoisotopic (exact) mass is 442 g/mol. The summed E-state index contributed by atoms with van der Waals surface area (Å²) in [6.45, 7) is 5.72. The fraction of sp³-hybridized carbons (Fsp3) is 0.136. The van der Waals surface area contributed by atoms with Gasteiger partial charge in [0.15, 0.2) is 0 Å². The van der Waals surface area contributed by atoms with Crippen LogP contribution in [0.3, 0.4) is 0 Å². The van der Waals surface area contributed by atoms with Crippen molar-refractivity contribution in [1.29, 1.82) is 0 Å². The predicted octanol–water partition coefficient (Wildman–Crippen LogP) is 4.80. The standard InChI is InChI=1S/C22H20Cl2N4O2/c1-13-4-5-18(24)11-20(13)26-21(29)22(30)27-25-12-16-10-14(2)28(15(16)3)19-8-6-17(23)7-9-19/h4-12H,1-3H3,(H,26,29)(H,27,30)/b25-12-. The highest BCUT2D eigenvalue weighted by molar-refractivity contribution is 6.40. The topological polar surface area (TPSA) is 75.5 Å². The Balaban J connectivity index is 1.68. The number of hydrazone groups is 1. The predicted molar refractivity (Wildman–Crippen MR) is 121 cm³/mol. The highest BCUT2D eigenvalue weighted by Gasteiger charge is 2.15. The molecule has 30 heavy (non-hydrogen) atoms.